The maximum Gasteiger partial charge on any atom is 0.115 e. The standard InChI is InChI=1S/C14H22N2O/c15-10-14(11-4-2-1-3-5-11)16-12-6-8-13(17)9-7-12/h6-9,11,14,16-17H,1-5,10,15H2. The van der Waals surface area contributed by atoms with Gasteiger partial charge in [0.2, 0.25) is 0 Å². The second-order valence-corrected chi connectivity index (χ2v) is 4.93. The number of phenols is 1. The second-order valence-electron chi connectivity index (χ2n) is 4.93. The molecule has 0 aliphatic heterocycles. The Labute approximate surface area is 103 Å². The van der Waals surface area contributed by atoms with Crippen LogP contribution in [0, 0.1) is 5.92 Å². The van der Waals surface area contributed by atoms with Crippen LogP contribution in [-0.4, -0.2) is 17.7 Å². The summed E-state index contributed by atoms with van der Waals surface area (Å²) in [5, 5.41) is 12.7. The highest BCUT2D eigenvalue weighted by molar-refractivity contribution is 5.46. The van der Waals surface area contributed by atoms with Gasteiger partial charge in [0, 0.05) is 18.3 Å². The lowest BCUT2D eigenvalue weighted by Crippen LogP contribution is -2.37. The van der Waals surface area contributed by atoms with E-state index in [4.69, 9.17) is 5.73 Å². The lowest BCUT2D eigenvalue weighted by molar-refractivity contribution is 0.320. The topological polar surface area (TPSA) is 58.3 Å². The van der Waals surface area contributed by atoms with Crippen LogP contribution in [0.2, 0.25) is 0 Å². The summed E-state index contributed by atoms with van der Waals surface area (Å²) in [5.41, 5.74) is 6.91. The SMILES string of the molecule is NCC(Nc1ccc(O)cc1)C1CCCCC1. The van der Waals surface area contributed by atoms with E-state index in [2.05, 4.69) is 5.32 Å². The Hall–Kier alpha value is -1.22. The zero-order valence-corrected chi connectivity index (χ0v) is 10.2. The summed E-state index contributed by atoms with van der Waals surface area (Å²) in [7, 11) is 0. The van der Waals surface area contributed by atoms with Crippen molar-refractivity contribution in [2.24, 2.45) is 11.7 Å². The van der Waals surface area contributed by atoms with Crippen LogP contribution in [-0.2, 0) is 0 Å². The van der Waals surface area contributed by atoms with Gasteiger partial charge in [0.25, 0.3) is 0 Å². The monoisotopic (exact) mass is 234 g/mol. The number of phenolic OH excluding ortho intramolecular Hbond substituents is 1. The van der Waals surface area contributed by atoms with E-state index in [0.717, 1.165) is 5.69 Å². The molecule has 0 heterocycles. The molecule has 1 atom stereocenters. The second kappa shape index (κ2) is 5.92. The quantitative estimate of drug-likeness (QED) is 0.702. The fourth-order valence-corrected chi connectivity index (χ4v) is 2.68. The zero-order valence-electron chi connectivity index (χ0n) is 10.2. The molecule has 0 saturated heterocycles. The normalized spacial score (nSPS) is 18.9. The van der Waals surface area contributed by atoms with Gasteiger partial charge in [0.1, 0.15) is 5.75 Å². The van der Waals surface area contributed by atoms with Crippen LogP contribution in [0.3, 0.4) is 0 Å². The van der Waals surface area contributed by atoms with E-state index >= 15 is 0 Å². The molecule has 1 unspecified atom stereocenters. The highest BCUT2D eigenvalue weighted by Crippen LogP contribution is 2.28. The van der Waals surface area contributed by atoms with Crippen LogP contribution in [0.25, 0.3) is 0 Å². The molecule has 0 amide bonds. The molecule has 1 aromatic rings. The van der Waals surface area contributed by atoms with E-state index in [9.17, 15) is 5.11 Å². The third-order valence-electron chi connectivity index (χ3n) is 3.69. The molecule has 2 rings (SSSR count). The highest BCUT2D eigenvalue weighted by atomic mass is 16.3. The Bertz CT molecular complexity index is 331. The molecule has 1 saturated carbocycles. The van der Waals surface area contributed by atoms with Gasteiger partial charge < -0.3 is 16.2 Å². The lowest BCUT2D eigenvalue weighted by atomic mass is 9.84. The molecule has 1 aromatic carbocycles. The fraction of sp³-hybridized carbons (Fsp3) is 0.571. The Balaban J connectivity index is 1.96. The van der Waals surface area contributed by atoms with Crippen molar-refractivity contribution in [1.82, 2.24) is 0 Å². The smallest absolute Gasteiger partial charge is 0.115 e. The summed E-state index contributed by atoms with van der Waals surface area (Å²) in [5.74, 6) is 1.00. The van der Waals surface area contributed by atoms with E-state index in [-0.39, 0.29) is 0 Å². The molecule has 1 aliphatic carbocycles. The number of nitrogens with one attached hydrogen (secondary N) is 1. The van der Waals surface area contributed by atoms with Gasteiger partial charge in [-0.1, -0.05) is 19.3 Å². The number of hydrogen-bond donors (Lipinski definition) is 3. The van der Waals surface area contributed by atoms with Crippen molar-refractivity contribution in [3.8, 4) is 5.75 Å². The maximum absolute atomic E-state index is 9.24. The predicted molar refractivity (Wildman–Crippen MR) is 71.1 cm³/mol. The Morgan fingerprint density at radius 1 is 1.18 bits per heavy atom. The average Bonchev–Trinajstić information content (AvgIpc) is 2.39. The molecule has 17 heavy (non-hydrogen) atoms. The summed E-state index contributed by atoms with van der Waals surface area (Å²) in [6.45, 7) is 0.672. The lowest BCUT2D eigenvalue weighted by Gasteiger charge is -2.30. The summed E-state index contributed by atoms with van der Waals surface area (Å²) in [6, 6.07) is 7.58. The van der Waals surface area contributed by atoms with Gasteiger partial charge in [0.15, 0.2) is 0 Å². The highest BCUT2D eigenvalue weighted by Gasteiger charge is 2.22. The average molecular weight is 234 g/mol. The first kappa shape index (κ1) is 12.2. The van der Waals surface area contributed by atoms with E-state index < -0.39 is 0 Å². The van der Waals surface area contributed by atoms with Crippen molar-refractivity contribution in [2.45, 2.75) is 38.1 Å². The molecule has 0 aromatic heterocycles. The summed E-state index contributed by atoms with van der Waals surface area (Å²) in [6.07, 6.45) is 6.60. The number of nitrogens with two attached hydrogens (primary N) is 1. The van der Waals surface area contributed by atoms with Crippen LogP contribution in [0.1, 0.15) is 32.1 Å². The summed E-state index contributed by atoms with van der Waals surface area (Å²) < 4.78 is 0. The first-order valence-corrected chi connectivity index (χ1v) is 6.55. The van der Waals surface area contributed by atoms with Crippen LogP contribution in [0.5, 0.6) is 5.75 Å². The molecule has 3 nitrogen and oxygen atoms in total. The Kier molecular flexibility index (Phi) is 4.26. The zero-order chi connectivity index (χ0) is 12.1. The van der Waals surface area contributed by atoms with Crippen LogP contribution < -0.4 is 11.1 Å². The van der Waals surface area contributed by atoms with Gasteiger partial charge in [-0.2, -0.15) is 0 Å². The molecule has 4 N–H and O–H groups in total. The van der Waals surface area contributed by atoms with Crippen LogP contribution in [0.4, 0.5) is 5.69 Å². The Morgan fingerprint density at radius 3 is 2.41 bits per heavy atom. The molecule has 0 bridgehead atoms. The molecule has 0 spiro atoms. The molecule has 3 heteroatoms. The first-order valence-electron chi connectivity index (χ1n) is 6.55. The number of hydrogen-bond acceptors (Lipinski definition) is 3. The minimum atomic E-state index is 0.303. The van der Waals surface area contributed by atoms with Gasteiger partial charge >= 0.3 is 0 Å². The van der Waals surface area contributed by atoms with E-state index in [1.165, 1.54) is 32.1 Å². The maximum atomic E-state index is 9.24. The Morgan fingerprint density at radius 2 is 1.82 bits per heavy atom. The van der Waals surface area contributed by atoms with E-state index in [1.54, 1.807) is 12.1 Å². The number of rotatable bonds is 4. The molecule has 0 radical (unpaired) electrons. The number of anilines is 1. The van der Waals surface area contributed by atoms with Crippen molar-refractivity contribution >= 4 is 5.69 Å². The van der Waals surface area contributed by atoms with Crippen molar-refractivity contribution in [1.29, 1.82) is 0 Å². The minimum absolute atomic E-state index is 0.303. The third kappa shape index (κ3) is 3.37. The van der Waals surface area contributed by atoms with Gasteiger partial charge in [-0.15, -0.1) is 0 Å². The molecular weight excluding hydrogens is 212 g/mol. The third-order valence-corrected chi connectivity index (χ3v) is 3.69. The van der Waals surface area contributed by atoms with Crippen LogP contribution >= 0.6 is 0 Å². The minimum Gasteiger partial charge on any atom is -0.508 e. The first-order chi connectivity index (χ1) is 8.29. The molecule has 1 fully saturated rings. The summed E-state index contributed by atoms with van der Waals surface area (Å²) in [4.78, 5) is 0. The van der Waals surface area contributed by atoms with E-state index in [1.807, 2.05) is 12.1 Å². The van der Waals surface area contributed by atoms with Crippen molar-refractivity contribution in [3.05, 3.63) is 24.3 Å². The number of aromatic hydroxyl groups is 1. The molecular formula is C14H22N2O. The van der Waals surface area contributed by atoms with E-state index in [0.29, 0.717) is 24.3 Å². The molecule has 1 aliphatic rings. The van der Waals surface area contributed by atoms with Crippen LogP contribution in [0.15, 0.2) is 24.3 Å². The van der Waals surface area contributed by atoms with Gasteiger partial charge in [0.05, 0.1) is 0 Å². The van der Waals surface area contributed by atoms with Gasteiger partial charge in [-0.25, -0.2) is 0 Å². The molecule has 94 valence electrons. The van der Waals surface area contributed by atoms with Gasteiger partial charge in [-0.05, 0) is 43.0 Å². The summed E-state index contributed by atoms with van der Waals surface area (Å²) >= 11 is 0. The van der Waals surface area contributed by atoms with Crippen molar-refractivity contribution < 1.29 is 5.11 Å². The van der Waals surface area contributed by atoms with Gasteiger partial charge in [-0.3, -0.25) is 0 Å². The number of benzene rings is 1. The fourth-order valence-electron chi connectivity index (χ4n) is 2.68. The predicted octanol–water partition coefficient (Wildman–Crippen LogP) is 2.71. The van der Waals surface area contributed by atoms with Crippen molar-refractivity contribution in [3.63, 3.8) is 0 Å². The largest absolute Gasteiger partial charge is 0.508 e. The van der Waals surface area contributed by atoms with Crippen molar-refractivity contribution in [2.75, 3.05) is 11.9 Å².